The summed E-state index contributed by atoms with van der Waals surface area (Å²) in [6.07, 6.45) is 4.63. The van der Waals surface area contributed by atoms with Crippen LogP contribution in [0.1, 0.15) is 63.9 Å². The SMILES string of the molecule is COc1ccc2cc([C@@H](c3nnnn3C(C)(C)C)N3CCCCCC3)c(=O)[nH]c2c1. The van der Waals surface area contributed by atoms with Crippen molar-refractivity contribution in [3.05, 3.63) is 46.0 Å². The van der Waals surface area contributed by atoms with Crippen molar-refractivity contribution >= 4 is 10.9 Å². The van der Waals surface area contributed by atoms with Gasteiger partial charge in [0.1, 0.15) is 11.8 Å². The lowest BCUT2D eigenvalue weighted by molar-refractivity contribution is 0.208. The predicted molar refractivity (Wildman–Crippen MR) is 116 cm³/mol. The van der Waals surface area contributed by atoms with Crippen LogP contribution < -0.4 is 10.3 Å². The summed E-state index contributed by atoms with van der Waals surface area (Å²) in [4.78, 5) is 18.7. The van der Waals surface area contributed by atoms with Crippen molar-refractivity contribution < 1.29 is 4.74 Å². The molecule has 160 valence electrons. The molecule has 1 aromatic carbocycles. The highest BCUT2D eigenvalue weighted by molar-refractivity contribution is 5.80. The standard InChI is InChI=1S/C22H30N6O2/c1-22(2,3)28-20(24-25-26-28)19(27-11-7-5-6-8-12-27)17-13-15-9-10-16(30-4)14-18(15)23-21(17)29/h9-10,13-14,19H,5-8,11-12H2,1-4H3,(H,23,29)/t19-/m0/s1. The molecular formula is C22H30N6O2. The first-order valence-electron chi connectivity index (χ1n) is 10.6. The number of likely N-dealkylation sites (tertiary alicyclic amines) is 1. The summed E-state index contributed by atoms with van der Waals surface area (Å²) < 4.78 is 7.15. The number of rotatable bonds is 4. The zero-order valence-electron chi connectivity index (χ0n) is 18.2. The van der Waals surface area contributed by atoms with Gasteiger partial charge in [-0.1, -0.05) is 12.8 Å². The minimum atomic E-state index is -0.299. The van der Waals surface area contributed by atoms with Crippen LogP contribution in [-0.4, -0.2) is 50.3 Å². The van der Waals surface area contributed by atoms with Crippen molar-refractivity contribution in [3.63, 3.8) is 0 Å². The van der Waals surface area contributed by atoms with E-state index in [1.165, 1.54) is 12.8 Å². The summed E-state index contributed by atoms with van der Waals surface area (Å²) in [5, 5.41) is 13.6. The van der Waals surface area contributed by atoms with E-state index in [1.807, 2.05) is 28.9 Å². The molecule has 0 radical (unpaired) electrons. The third kappa shape index (κ3) is 3.96. The molecule has 0 unspecified atom stereocenters. The first-order chi connectivity index (χ1) is 14.4. The highest BCUT2D eigenvalue weighted by atomic mass is 16.5. The number of benzene rings is 1. The Morgan fingerprint density at radius 1 is 1.10 bits per heavy atom. The molecule has 1 aliphatic rings. The second kappa shape index (κ2) is 8.18. The maximum Gasteiger partial charge on any atom is 0.253 e. The van der Waals surface area contributed by atoms with Gasteiger partial charge in [0.05, 0.1) is 18.2 Å². The Hall–Kier alpha value is -2.74. The van der Waals surface area contributed by atoms with Gasteiger partial charge in [-0.25, -0.2) is 4.68 Å². The summed E-state index contributed by atoms with van der Waals surface area (Å²) in [6, 6.07) is 7.41. The largest absolute Gasteiger partial charge is 0.497 e. The minimum absolute atomic E-state index is 0.117. The van der Waals surface area contributed by atoms with Crippen LogP contribution in [0, 0.1) is 0 Å². The van der Waals surface area contributed by atoms with Gasteiger partial charge in [-0.15, -0.1) is 5.10 Å². The second-order valence-electron chi connectivity index (χ2n) is 8.98. The molecule has 0 bridgehead atoms. The van der Waals surface area contributed by atoms with Gasteiger partial charge in [0.2, 0.25) is 0 Å². The van der Waals surface area contributed by atoms with E-state index in [4.69, 9.17) is 4.74 Å². The molecule has 0 aliphatic carbocycles. The second-order valence-corrected chi connectivity index (χ2v) is 8.98. The number of tetrazole rings is 1. The van der Waals surface area contributed by atoms with E-state index in [0.717, 1.165) is 36.8 Å². The molecule has 8 heteroatoms. The van der Waals surface area contributed by atoms with Crippen LogP contribution >= 0.6 is 0 Å². The molecule has 0 saturated carbocycles. The lowest BCUT2D eigenvalue weighted by Gasteiger charge is -2.31. The summed E-state index contributed by atoms with van der Waals surface area (Å²) in [6.45, 7) is 8.05. The van der Waals surface area contributed by atoms with Crippen molar-refractivity contribution in [2.75, 3.05) is 20.2 Å². The van der Waals surface area contributed by atoms with E-state index in [9.17, 15) is 4.79 Å². The van der Waals surface area contributed by atoms with E-state index in [0.29, 0.717) is 17.1 Å². The number of aromatic nitrogens is 5. The number of aromatic amines is 1. The highest BCUT2D eigenvalue weighted by Crippen LogP contribution is 2.31. The maximum atomic E-state index is 13.3. The Bertz CT molecular complexity index is 1070. The van der Waals surface area contributed by atoms with Crippen molar-refractivity contribution in [1.29, 1.82) is 0 Å². The number of nitrogens with one attached hydrogen (secondary N) is 1. The fourth-order valence-electron chi connectivity index (χ4n) is 4.22. The third-order valence-corrected chi connectivity index (χ3v) is 5.76. The van der Waals surface area contributed by atoms with Gasteiger partial charge in [0.15, 0.2) is 5.82 Å². The van der Waals surface area contributed by atoms with Crippen molar-refractivity contribution in [2.45, 2.75) is 58.0 Å². The summed E-state index contributed by atoms with van der Waals surface area (Å²) >= 11 is 0. The fraction of sp³-hybridized carbons (Fsp3) is 0.545. The van der Waals surface area contributed by atoms with E-state index in [2.05, 4.69) is 46.2 Å². The normalized spacial score (nSPS) is 17.1. The molecule has 1 aliphatic heterocycles. The van der Waals surface area contributed by atoms with Crippen LogP contribution in [0.2, 0.25) is 0 Å². The Labute approximate surface area is 176 Å². The number of fused-ring (bicyclic) bond motifs is 1. The lowest BCUT2D eigenvalue weighted by atomic mass is 10.0. The number of ether oxygens (including phenoxy) is 1. The highest BCUT2D eigenvalue weighted by Gasteiger charge is 2.33. The first-order valence-corrected chi connectivity index (χ1v) is 10.6. The smallest absolute Gasteiger partial charge is 0.253 e. The Morgan fingerprint density at radius 2 is 1.83 bits per heavy atom. The lowest BCUT2D eigenvalue weighted by Crippen LogP contribution is -2.38. The number of hydrogen-bond acceptors (Lipinski definition) is 6. The molecule has 1 saturated heterocycles. The average Bonchev–Trinajstić information content (AvgIpc) is 3.05. The molecule has 30 heavy (non-hydrogen) atoms. The van der Waals surface area contributed by atoms with Crippen LogP contribution in [0.15, 0.2) is 29.1 Å². The van der Waals surface area contributed by atoms with Crippen LogP contribution in [0.25, 0.3) is 10.9 Å². The molecule has 4 rings (SSSR count). The van der Waals surface area contributed by atoms with Gasteiger partial charge in [-0.2, -0.15) is 0 Å². The number of methoxy groups -OCH3 is 1. The molecule has 3 aromatic rings. The quantitative estimate of drug-likeness (QED) is 0.710. The van der Waals surface area contributed by atoms with Gasteiger partial charge in [0, 0.05) is 11.6 Å². The molecule has 0 spiro atoms. The Kier molecular flexibility index (Phi) is 5.60. The van der Waals surface area contributed by atoms with Gasteiger partial charge in [-0.05, 0) is 80.7 Å². The predicted octanol–water partition coefficient (Wildman–Crippen LogP) is 3.24. The average molecular weight is 411 g/mol. The number of pyridine rings is 1. The van der Waals surface area contributed by atoms with Gasteiger partial charge in [0.25, 0.3) is 5.56 Å². The molecular weight excluding hydrogens is 380 g/mol. The van der Waals surface area contributed by atoms with E-state index in [1.54, 1.807) is 7.11 Å². The number of H-pyrrole nitrogens is 1. The fourth-order valence-corrected chi connectivity index (χ4v) is 4.22. The number of nitrogens with zero attached hydrogens (tertiary/aromatic N) is 5. The molecule has 0 amide bonds. The van der Waals surface area contributed by atoms with E-state index >= 15 is 0 Å². The zero-order valence-corrected chi connectivity index (χ0v) is 18.2. The topological polar surface area (TPSA) is 88.9 Å². The molecule has 2 aromatic heterocycles. The molecule has 1 atom stereocenters. The van der Waals surface area contributed by atoms with Crippen LogP contribution in [0.3, 0.4) is 0 Å². The van der Waals surface area contributed by atoms with Crippen molar-refractivity contribution in [2.24, 2.45) is 0 Å². The summed E-state index contributed by atoms with van der Waals surface area (Å²) in [5.74, 6) is 1.43. The third-order valence-electron chi connectivity index (χ3n) is 5.76. The van der Waals surface area contributed by atoms with Crippen LogP contribution in [0.4, 0.5) is 0 Å². The zero-order chi connectivity index (χ0) is 21.3. The summed E-state index contributed by atoms with van der Waals surface area (Å²) in [7, 11) is 1.62. The molecule has 1 N–H and O–H groups in total. The Balaban J connectivity index is 1.89. The van der Waals surface area contributed by atoms with Gasteiger partial charge >= 0.3 is 0 Å². The monoisotopic (exact) mass is 410 g/mol. The van der Waals surface area contributed by atoms with Crippen LogP contribution in [-0.2, 0) is 5.54 Å². The Morgan fingerprint density at radius 3 is 2.50 bits per heavy atom. The number of hydrogen-bond donors (Lipinski definition) is 1. The van der Waals surface area contributed by atoms with Crippen molar-refractivity contribution in [1.82, 2.24) is 30.1 Å². The maximum absolute atomic E-state index is 13.3. The molecule has 1 fully saturated rings. The van der Waals surface area contributed by atoms with Crippen LogP contribution in [0.5, 0.6) is 5.75 Å². The molecule has 3 heterocycles. The molecule has 8 nitrogen and oxygen atoms in total. The summed E-state index contributed by atoms with van der Waals surface area (Å²) in [5.41, 5.74) is 1.02. The van der Waals surface area contributed by atoms with E-state index < -0.39 is 0 Å². The van der Waals surface area contributed by atoms with E-state index in [-0.39, 0.29) is 17.1 Å². The van der Waals surface area contributed by atoms with Crippen molar-refractivity contribution in [3.8, 4) is 5.75 Å². The van der Waals surface area contributed by atoms with Gasteiger partial charge in [-0.3, -0.25) is 9.69 Å². The first kappa shape index (κ1) is 20.5. The minimum Gasteiger partial charge on any atom is -0.497 e. The van der Waals surface area contributed by atoms with Gasteiger partial charge < -0.3 is 9.72 Å².